The summed E-state index contributed by atoms with van der Waals surface area (Å²) in [6, 6.07) is 2.18. The quantitative estimate of drug-likeness (QED) is 0.858. The minimum Gasteiger partial charge on any atom is -0.477 e. The van der Waals surface area contributed by atoms with E-state index in [1.54, 1.807) is 0 Å². The summed E-state index contributed by atoms with van der Waals surface area (Å²) in [5, 5.41) is 8.58. The lowest BCUT2D eigenvalue weighted by Gasteiger charge is -2.07. The third kappa shape index (κ3) is 3.02. The van der Waals surface area contributed by atoms with Crippen LogP contribution in [0.25, 0.3) is 0 Å². The third-order valence-electron chi connectivity index (χ3n) is 2.33. The largest absolute Gasteiger partial charge is 0.477 e. The van der Waals surface area contributed by atoms with E-state index in [2.05, 4.69) is 0 Å². The molecule has 0 bridgehead atoms. The Morgan fingerprint density at radius 1 is 1.31 bits per heavy atom. The Bertz CT molecular complexity index is 377. The van der Waals surface area contributed by atoms with E-state index < -0.39 is 23.2 Å². The number of benzene rings is 1. The second-order valence-electron chi connectivity index (χ2n) is 4.17. The van der Waals surface area contributed by atoms with E-state index in [9.17, 15) is 13.6 Å². The Kier molecular flexibility index (Phi) is 3.99. The molecule has 1 rings (SSSR count). The van der Waals surface area contributed by atoms with Crippen LogP contribution in [0.3, 0.4) is 0 Å². The normalized spacial score (nSPS) is 10.8. The summed E-state index contributed by atoms with van der Waals surface area (Å²) < 4.78 is 26.5. The van der Waals surface area contributed by atoms with Gasteiger partial charge in [0.1, 0.15) is 17.2 Å². The van der Waals surface area contributed by atoms with E-state index in [1.807, 2.05) is 13.8 Å². The van der Waals surface area contributed by atoms with Gasteiger partial charge in [-0.2, -0.15) is 0 Å². The molecule has 1 N–H and O–H groups in total. The monoisotopic (exact) mass is 228 g/mol. The summed E-state index contributed by atoms with van der Waals surface area (Å²) in [6.07, 6.45) is 1.36. The summed E-state index contributed by atoms with van der Waals surface area (Å²) >= 11 is 0. The maximum Gasteiger partial charge on any atom is 0.341 e. The van der Waals surface area contributed by atoms with Crippen molar-refractivity contribution in [1.29, 1.82) is 0 Å². The van der Waals surface area contributed by atoms with Gasteiger partial charge in [-0.25, -0.2) is 13.6 Å². The molecule has 0 heterocycles. The van der Waals surface area contributed by atoms with E-state index >= 15 is 0 Å². The molecule has 88 valence electrons. The molecule has 1 aromatic rings. The Morgan fingerprint density at radius 2 is 1.81 bits per heavy atom. The fourth-order valence-electron chi connectivity index (χ4n) is 1.43. The Balaban J connectivity index is 2.96. The molecule has 0 aliphatic carbocycles. The van der Waals surface area contributed by atoms with Gasteiger partial charge in [-0.15, -0.1) is 0 Å². The molecule has 2 nitrogen and oxygen atoms in total. The fraction of sp³-hybridized carbons (Fsp3) is 0.417. The maximum absolute atomic E-state index is 13.3. The van der Waals surface area contributed by atoms with Gasteiger partial charge in [0.25, 0.3) is 0 Å². The molecule has 0 amide bonds. The van der Waals surface area contributed by atoms with Gasteiger partial charge in [-0.3, -0.25) is 0 Å². The number of carbonyl (C=O) groups is 1. The number of carboxylic acids is 1. The number of aryl methyl sites for hydroxylation is 1. The average Bonchev–Trinajstić information content (AvgIpc) is 2.12. The second kappa shape index (κ2) is 5.05. The first-order valence-electron chi connectivity index (χ1n) is 5.13. The van der Waals surface area contributed by atoms with Gasteiger partial charge in [0.15, 0.2) is 0 Å². The maximum atomic E-state index is 13.3. The van der Waals surface area contributed by atoms with Crippen LogP contribution >= 0.6 is 0 Å². The van der Waals surface area contributed by atoms with Crippen LogP contribution in [0.2, 0.25) is 0 Å². The molecule has 0 unspecified atom stereocenters. The van der Waals surface area contributed by atoms with Crippen molar-refractivity contribution in [3.63, 3.8) is 0 Å². The van der Waals surface area contributed by atoms with E-state index in [-0.39, 0.29) is 0 Å². The molecular formula is C12H14F2O2. The van der Waals surface area contributed by atoms with Crippen LogP contribution in [-0.2, 0) is 6.42 Å². The second-order valence-corrected chi connectivity index (χ2v) is 4.17. The van der Waals surface area contributed by atoms with E-state index in [0.717, 1.165) is 18.6 Å². The van der Waals surface area contributed by atoms with Crippen molar-refractivity contribution in [3.8, 4) is 0 Å². The zero-order valence-electron chi connectivity index (χ0n) is 9.26. The topological polar surface area (TPSA) is 37.3 Å². The van der Waals surface area contributed by atoms with Crippen LogP contribution in [0.5, 0.6) is 0 Å². The van der Waals surface area contributed by atoms with Gasteiger partial charge in [0.2, 0.25) is 0 Å². The number of halogens is 2. The zero-order valence-corrected chi connectivity index (χ0v) is 9.26. The molecule has 0 saturated heterocycles. The van der Waals surface area contributed by atoms with Gasteiger partial charge in [-0.1, -0.05) is 13.8 Å². The smallest absolute Gasteiger partial charge is 0.341 e. The lowest BCUT2D eigenvalue weighted by Crippen LogP contribution is -2.06. The standard InChI is InChI=1S/C12H14F2O2/c1-7(2)3-4-8-5-9(13)11(12(15)16)10(14)6-8/h5-7H,3-4H2,1-2H3,(H,15,16). The van der Waals surface area contributed by atoms with Crippen LogP contribution in [0.4, 0.5) is 8.78 Å². The first-order valence-corrected chi connectivity index (χ1v) is 5.13. The molecule has 0 aliphatic rings. The molecule has 0 saturated carbocycles. The van der Waals surface area contributed by atoms with Crippen LogP contribution in [0.1, 0.15) is 36.2 Å². The molecule has 0 spiro atoms. The van der Waals surface area contributed by atoms with Crippen molar-refractivity contribution >= 4 is 5.97 Å². The van der Waals surface area contributed by atoms with Gasteiger partial charge < -0.3 is 5.11 Å². The first kappa shape index (κ1) is 12.6. The third-order valence-corrected chi connectivity index (χ3v) is 2.33. The van der Waals surface area contributed by atoms with E-state index in [0.29, 0.717) is 17.9 Å². The molecule has 0 atom stereocenters. The average molecular weight is 228 g/mol. The first-order chi connectivity index (χ1) is 7.41. The molecule has 16 heavy (non-hydrogen) atoms. The summed E-state index contributed by atoms with van der Waals surface area (Å²) in [5.41, 5.74) is -0.387. The Morgan fingerprint density at radius 3 is 2.19 bits per heavy atom. The highest BCUT2D eigenvalue weighted by molar-refractivity contribution is 5.88. The number of carboxylic acid groups (broad SMARTS) is 1. The minimum atomic E-state index is -1.58. The SMILES string of the molecule is CC(C)CCc1cc(F)c(C(=O)O)c(F)c1. The molecule has 0 fully saturated rings. The fourth-order valence-corrected chi connectivity index (χ4v) is 1.43. The van der Waals surface area contributed by atoms with Crippen LogP contribution < -0.4 is 0 Å². The number of hydrogen-bond acceptors (Lipinski definition) is 1. The van der Waals surface area contributed by atoms with Crippen LogP contribution in [0.15, 0.2) is 12.1 Å². The van der Waals surface area contributed by atoms with Gasteiger partial charge in [0.05, 0.1) is 0 Å². The number of aromatic carboxylic acids is 1. The molecule has 0 radical (unpaired) electrons. The summed E-state index contributed by atoms with van der Waals surface area (Å²) in [5.74, 6) is -3.16. The molecule has 0 aromatic heterocycles. The zero-order chi connectivity index (χ0) is 12.3. The summed E-state index contributed by atoms with van der Waals surface area (Å²) in [4.78, 5) is 10.5. The van der Waals surface area contributed by atoms with Crippen molar-refractivity contribution in [2.75, 3.05) is 0 Å². The van der Waals surface area contributed by atoms with Crippen LogP contribution in [-0.4, -0.2) is 11.1 Å². The molecular weight excluding hydrogens is 214 g/mol. The lowest BCUT2D eigenvalue weighted by atomic mass is 10.0. The van der Waals surface area contributed by atoms with E-state index in [4.69, 9.17) is 5.11 Å². The predicted octanol–water partition coefficient (Wildman–Crippen LogP) is 3.25. The van der Waals surface area contributed by atoms with Crippen molar-refractivity contribution in [2.45, 2.75) is 26.7 Å². The lowest BCUT2D eigenvalue weighted by molar-refractivity contribution is 0.0686. The molecule has 1 aromatic carbocycles. The van der Waals surface area contributed by atoms with E-state index in [1.165, 1.54) is 0 Å². The molecule has 4 heteroatoms. The van der Waals surface area contributed by atoms with Crippen molar-refractivity contribution < 1.29 is 18.7 Å². The highest BCUT2D eigenvalue weighted by Gasteiger charge is 2.17. The number of hydrogen-bond donors (Lipinski definition) is 1. The van der Waals surface area contributed by atoms with Crippen molar-refractivity contribution in [3.05, 3.63) is 34.9 Å². The van der Waals surface area contributed by atoms with Gasteiger partial charge >= 0.3 is 5.97 Å². The highest BCUT2D eigenvalue weighted by atomic mass is 19.1. The van der Waals surface area contributed by atoms with Crippen molar-refractivity contribution in [2.24, 2.45) is 5.92 Å². The predicted molar refractivity (Wildman–Crippen MR) is 56.5 cm³/mol. The molecule has 0 aliphatic heterocycles. The summed E-state index contributed by atoms with van der Waals surface area (Å²) in [7, 11) is 0. The summed E-state index contributed by atoms with van der Waals surface area (Å²) in [6.45, 7) is 4.02. The number of rotatable bonds is 4. The Labute approximate surface area is 92.9 Å². The van der Waals surface area contributed by atoms with Gasteiger partial charge in [0, 0.05) is 0 Å². The van der Waals surface area contributed by atoms with Crippen molar-refractivity contribution in [1.82, 2.24) is 0 Å². The highest BCUT2D eigenvalue weighted by Crippen LogP contribution is 2.17. The minimum absolute atomic E-state index is 0.435. The Hall–Kier alpha value is -1.45. The van der Waals surface area contributed by atoms with Crippen LogP contribution in [0, 0.1) is 17.6 Å². The van der Waals surface area contributed by atoms with Gasteiger partial charge in [-0.05, 0) is 36.5 Å².